The molecule has 2 N–H and O–H groups in total. The van der Waals surface area contributed by atoms with Crippen molar-refractivity contribution in [2.45, 2.75) is 6.54 Å². The fourth-order valence-corrected chi connectivity index (χ4v) is 3.30. The van der Waals surface area contributed by atoms with E-state index >= 15 is 0 Å². The number of pyridine rings is 1. The van der Waals surface area contributed by atoms with Gasteiger partial charge < -0.3 is 20.1 Å². The molecule has 1 aliphatic heterocycles. The third-order valence-corrected chi connectivity index (χ3v) is 4.99. The lowest BCUT2D eigenvalue weighted by Crippen LogP contribution is -2.54. The van der Waals surface area contributed by atoms with Crippen LogP contribution in [-0.2, 0) is 11.3 Å². The molecule has 0 spiro atoms. The van der Waals surface area contributed by atoms with Gasteiger partial charge in [-0.05, 0) is 6.07 Å². The molecular formula is C20H20ClFN4O5. The topological polar surface area (TPSA) is 104 Å². The molecule has 1 aromatic heterocycles. The molecule has 0 unspecified atom stereocenters. The molecule has 0 radical (unpaired) electrons. The largest absolute Gasteiger partial charge is 0.502 e. The number of benzene rings is 1. The van der Waals surface area contributed by atoms with Crippen molar-refractivity contribution in [3.63, 3.8) is 0 Å². The molecule has 164 valence electrons. The van der Waals surface area contributed by atoms with Crippen LogP contribution < -0.4 is 15.8 Å². The zero-order valence-electron chi connectivity index (χ0n) is 16.6. The maximum atomic E-state index is 14.0. The Labute approximate surface area is 181 Å². The molecule has 0 atom stereocenters. The van der Waals surface area contributed by atoms with E-state index < -0.39 is 34.4 Å². The highest BCUT2D eigenvalue weighted by Crippen LogP contribution is 2.21. The van der Waals surface area contributed by atoms with E-state index in [1.807, 2.05) is 0 Å². The van der Waals surface area contributed by atoms with E-state index in [0.717, 1.165) is 0 Å². The number of carbonyl (C=O) groups excluding carboxylic acids is 2. The number of ether oxygens (including phenoxy) is 1. The van der Waals surface area contributed by atoms with E-state index in [9.17, 15) is 23.9 Å². The van der Waals surface area contributed by atoms with Gasteiger partial charge in [0.1, 0.15) is 24.7 Å². The Bertz CT molecular complexity index is 1100. The van der Waals surface area contributed by atoms with E-state index in [-0.39, 0.29) is 42.6 Å². The van der Waals surface area contributed by atoms with E-state index in [4.69, 9.17) is 16.3 Å². The first-order valence-corrected chi connectivity index (χ1v) is 9.57. The average molecular weight is 451 g/mol. The third kappa shape index (κ3) is 4.33. The lowest BCUT2D eigenvalue weighted by Gasteiger charge is -2.38. The fourth-order valence-electron chi connectivity index (χ4n) is 3.11. The second-order valence-corrected chi connectivity index (χ2v) is 7.13. The van der Waals surface area contributed by atoms with Crippen LogP contribution in [-0.4, -0.2) is 53.4 Å². The number of hydrogen-bond donors (Lipinski definition) is 2. The predicted molar refractivity (Wildman–Crippen MR) is 111 cm³/mol. The molecule has 1 aliphatic rings. The summed E-state index contributed by atoms with van der Waals surface area (Å²) in [4.78, 5) is 39.0. The summed E-state index contributed by atoms with van der Waals surface area (Å²) in [5.41, 5.74) is -1.56. The Hall–Kier alpha value is -3.53. The van der Waals surface area contributed by atoms with Crippen LogP contribution in [0.1, 0.15) is 26.4 Å². The summed E-state index contributed by atoms with van der Waals surface area (Å²) in [5.74, 6) is -2.96. The number of nitrogens with zero attached hydrogens (tertiary/aromatic N) is 3. The first kappa shape index (κ1) is 22.2. The molecule has 3 rings (SSSR count). The van der Waals surface area contributed by atoms with Gasteiger partial charge in [-0.1, -0.05) is 30.3 Å². The van der Waals surface area contributed by atoms with Crippen molar-refractivity contribution in [1.82, 2.24) is 14.9 Å². The zero-order chi connectivity index (χ0) is 22.7. The number of hydrogen-bond acceptors (Lipinski definition) is 6. The van der Waals surface area contributed by atoms with Crippen molar-refractivity contribution in [2.75, 3.05) is 31.9 Å². The molecule has 2 heterocycles. The van der Waals surface area contributed by atoms with E-state index in [2.05, 4.69) is 11.9 Å². The maximum Gasteiger partial charge on any atom is 0.277 e. The minimum absolute atomic E-state index is 0.0988. The van der Waals surface area contributed by atoms with Crippen molar-refractivity contribution in [3.8, 4) is 5.75 Å². The van der Waals surface area contributed by atoms with Crippen molar-refractivity contribution < 1.29 is 23.8 Å². The highest BCUT2D eigenvalue weighted by atomic mass is 35.5. The van der Waals surface area contributed by atoms with Gasteiger partial charge in [-0.3, -0.25) is 24.1 Å². The zero-order valence-corrected chi connectivity index (χ0v) is 17.4. The summed E-state index contributed by atoms with van der Waals surface area (Å²) in [5, 5.41) is 14.3. The molecule has 0 bridgehead atoms. The van der Waals surface area contributed by atoms with Crippen LogP contribution in [0.4, 0.5) is 4.39 Å². The molecule has 0 saturated heterocycles. The first-order chi connectivity index (χ1) is 14.8. The standard InChI is InChI=1S/C20H20ClFN4O5/c1-3-31-8-7-25-11-24(2)20(30)16-18(28)17(27)13(10-26(16)25)19(29)23-9-12-5-4-6-14(21)15(12)22/h3-6,10,28H,1,7-9,11H2,2H3,(H,23,29). The van der Waals surface area contributed by atoms with Gasteiger partial charge in [0.15, 0.2) is 11.4 Å². The van der Waals surface area contributed by atoms with E-state index in [1.54, 1.807) is 5.01 Å². The fraction of sp³-hybridized carbons (Fsp3) is 0.250. The number of rotatable bonds is 7. The highest BCUT2D eigenvalue weighted by molar-refractivity contribution is 6.30. The van der Waals surface area contributed by atoms with Gasteiger partial charge in [0.05, 0.1) is 17.8 Å². The van der Waals surface area contributed by atoms with Crippen LogP contribution in [0, 0.1) is 5.82 Å². The first-order valence-electron chi connectivity index (χ1n) is 9.19. The maximum absolute atomic E-state index is 14.0. The van der Waals surface area contributed by atoms with Crippen LogP contribution in [0.5, 0.6) is 5.75 Å². The monoisotopic (exact) mass is 450 g/mol. The summed E-state index contributed by atoms with van der Waals surface area (Å²) < 4.78 is 20.4. The molecule has 9 nitrogen and oxygen atoms in total. The van der Waals surface area contributed by atoms with Crippen LogP contribution in [0.2, 0.25) is 5.02 Å². The van der Waals surface area contributed by atoms with Gasteiger partial charge in [-0.15, -0.1) is 0 Å². The normalized spacial score (nSPS) is 13.1. The van der Waals surface area contributed by atoms with Crippen molar-refractivity contribution in [3.05, 3.63) is 75.1 Å². The third-order valence-electron chi connectivity index (χ3n) is 4.69. The number of aromatic nitrogens is 1. The lowest BCUT2D eigenvalue weighted by molar-refractivity contribution is 0.0725. The molecule has 0 saturated carbocycles. The molecule has 0 aliphatic carbocycles. The van der Waals surface area contributed by atoms with Gasteiger partial charge in [0.2, 0.25) is 5.43 Å². The van der Waals surface area contributed by atoms with Crippen molar-refractivity contribution in [1.29, 1.82) is 0 Å². The lowest BCUT2D eigenvalue weighted by atomic mass is 10.1. The Balaban J connectivity index is 1.93. The summed E-state index contributed by atoms with van der Waals surface area (Å²) in [6.45, 7) is 3.84. The molecule has 1 aromatic carbocycles. The van der Waals surface area contributed by atoms with E-state index in [1.165, 1.54) is 47.3 Å². The Kier molecular flexibility index (Phi) is 6.50. The molecule has 2 aromatic rings. The highest BCUT2D eigenvalue weighted by Gasteiger charge is 2.32. The van der Waals surface area contributed by atoms with Crippen LogP contribution >= 0.6 is 11.6 Å². The average Bonchev–Trinajstić information content (AvgIpc) is 2.74. The number of carbonyl (C=O) groups is 2. The summed E-state index contributed by atoms with van der Waals surface area (Å²) in [7, 11) is 1.51. The SMILES string of the molecule is C=COCCN1CN(C)C(=O)c2c(O)c(=O)c(C(=O)NCc3cccc(Cl)c3F)cn21. The Morgan fingerprint density at radius 1 is 1.42 bits per heavy atom. The van der Waals surface area contributed by atoms with Gasteiger partial charge in [-0.2, -0.15) is 0 Å². The number of aromatic hydroxyl groups is 1. The number of amides is 2. The second kappa shape index (κ2) is 9.09. The molecule has 11 heteroatoms. The minimum Gasteiger partial charge on any atom is -0.502 e. The van der Waals surface area contributed by atoms with Gasteiger partial charge >= 0.3 is 0 Å². The van der Waals surface area contributed by atoms with Gasteiger partial charge in [0.25, 0.3) is 11.8 Å². The summed E-state index contributed by atoms with van der Waals surface area (Å²) in [6, 6.07) is 4.33. The van der Waals surface area contributed by atoms with Crippen LogP contribution in [0.3, 0.4) is 0 Å². The summed E-state index contributed by atoms with van der Waals surface area (Å²) in [6.07, 6.45) is 2.43. The van der Waals surface area contributed by atoms with Crippen molar-refractivity contribution in [2.24, 2.45) is 0 Å². The van der Waals surface area contributed by atoms with E-state index in [0.29, 0.717) is 0 Å². The molecular weight excluding hydrogens is 431 g/mol. The van der Waals surface area contributed by atoms with Crippen LogP contribution in [0.15, 0.2) is 42.0 Å². The predicted octanol–water partition coefficient (Wildman–Crippen LogP) is 1.42. The van der Waals surface area contributed by atoms with Gasteiger partial charge in [0, 0.05) is 25.4 Å². The Morgan fingerprint density at radius 3 is 2.87 bits per heavy atom. The number of fused-ring (bicyclic) bond motifs is 1. The number of nitrogens with one attached hydrogen (secondary N) is 1. The number of halogens is 2. The minimum atomic E-state index is -1.01. The Morgan fingerprint density at radius 2 is 2.16 bits per heavy atom. The van der Waals surface area contributed by atoms with Crippen LogP contribution in [0.25, 0.3) is 0 Å². The molecule has 31 heavy (non-hydrogen) atoms. The quantitative estimate of drug-likeness (QED) is 0.488. The van der Waals surface area contributed by atoms with Crippen molar-refractivity contribution >= 4 is 23.4 Å². The summed E-state index contributed by atoms with van der Waals surface area (Å²) >= 11 is 5.73. The smallest absolute Gasteiger partial charge is 0.277 e. The molecule has 2 amide bonds. The second-order valence-electron chi connectivity index (χ2n) is 6.72. The molecule has 0 fully saturated rings. The van der Waals surface area contributed by atoms with Gasteiger partial charge in [-0.25, -0.2) is 4.39 Å².